The van der Waals surface area contributed by atoms with Gasteiger partial charge in [0.2, 0.25) is 0 Å². The van der Waals surface area contributed by atoms with Gasteiger partial charge in [-0.25, -0.2) is 9.97 Å². The number of rotatable bonds is 5. The molecule has 4 rings (SSSR count). The van der Waals surface area contributed by atoms with Crippen LogP contribution < -0.4 is 4.74 Å². The van der Waals surface area contributed by atoms with Gasteiger partial charge in [-0.05, 0) is 50.5 Å². The molecule has 0 saturated carbocycles. The molecule has 0 aliphatic carbocycles. The molecule has 2 aromatic heterocycles. The van der Waals surface area contributed by atoms with Gasteiger partial charge in [-0.15, -0.1) is 0 Å². The fourth-order valence-electron chi connectivity index (χ4n) is 4.03. The van der Waals surface area contributed by atoms with Crippen molar-refractivity contribution in [2.75, 3.05) is 13.7 Å². The second-order valence-corrected chi connectivity index (χ2v) is 7.64. The predicted octanol–water partition coefficient (Wildman–Crippen LogP) is 4.14. The number of aryl methyl sites for hydroxylation is 3. The lowest BCUT2D eigenvalue weighted by Crippen LogP contribution is -2.30. The minimum atomic E-state index is 0.00655. The largest absolute Gasteiger partial charge is 0.497 e. The zero-order valence-corrected chi connectivity index (χ0v) is 17.4. The molecule has 1 amide bonds. The fourth-order valence-corrected chi connectivity index (χ4v) is 4.03. The van der Waals surface area contributed by atoms with Gasteiger partial charge in [-0.2, -0.15) is 0 Å². The number of amides is 1. The van der Waals surface area contributed by atoms with E-state index in [2.05, 4.69) is 4.57 Å². The standard InChI is InChI=1S/C23H28N4O2/c1-4-26(15-17-9-11-18(29-3)12-10-17)23(28)19-14-16(2)24-22-21(19)25-20-8-6-5-7-13-27(20)22/h9-12,14H,4-8,13,15H2,1-3H3. The number of fused-ring (bicyclic) bond motifs is 3. The number of carbonyl (C=O) groups excluding carboxylic acids is 1. The Morgan fingerprint density at radius 2 is 1.97 bits per heavy atom. The number of carbonyl (C=O) groups is 1. The summed E-state index contributed by atoms with van der Waals surface area (Å²) in [5.41, 5.74) is 4.18. The van der Waals surface area contributed by atoms with Crippen LogP contribution in [0.2, 0.25) is 0 Å². The molecule has 6 nitrogen and oxygen atoms in total. The topological polar surface area (TPSA) is 60.2 Å². The van der Waals surface area contributed by atoms with Gasteiger partial charge >= 0.3 is 0 Å². The average Bonchev–Trinajstić information content (AvgIpc) is 2.92. The van der Waals surface area contributed by atoms with Crippen molar-refractivity contribution in [3.8, 4) is 5.75 Å². The van der Waals surface area contributed by atoms with E-state index in [9.17, 15) is 4.79 Å². The fraction of sp³-hybridized carbons (Fsp3) is 0.435. The van der Waals surface area contributed by atoms with Crippen LogP contribution in [0.15, 0.2) is 30.3 Å². The second-order valence-electron chi connectivity index (χ2n) is 7.64. The number of methoxy groups -OCH3 is 1. The van der Waals surface area contributed by atoms with E-state index >= 15 is 0 Å². The van der Waals surface area contributed by atoms with Crippen molar-refractivity contribution in [3.05, 3.63) is 53.0 Å². The van der Waals surface area contributed by atoms with Crippen LogP contribution in [0, 0.1) is 6.92 Å². The molecule has 0 N–H and O–H groups in total. The first kappa shape index (κ1) is 19.4. The molecule has 0 saturated heterocycles. The van der Waals surface area contributed by atoms with E-state index in [1.807, 2.05) is 49.1 Å². The van der Waals surface area contributed by atoms with Gasteiger partial charge in [0, 0.05) is 31.7 Å². The number of pyridine rings is 1. The maximum atomic E-state index is 13.5. The van der Waals surface area contributed by atoms with E-state index in [-0.39, 0.29) is 5.91 Å². The molecule has 3 aromatic rings. The maximum Gasteiger partial charge on any atom is 0.256 e. The van der Waals surface area contributed by atoms with E-state index in [1.165, 1.54) is 6.42 Å². The zero-order chi connectivity index (χ0) is 20.4. The summed E-state index contributed by atoms with van der Waals surface area (Å²) in [7, 11) is 1.65. The summed E-state index contributed by atoms with van der Waals surface area (Å²) >= 11 is 0. The first-order valence-corrected chi connectivity index (χ1v) is 10.4. The smallest absolute Gasteiger partial charge is 0.256 e. The molecule has 0 radical (unpaired) electrons. The summed E-state index contributed by atoms with van der Waals surface area (Å²) in [5, 5.41) is 0. The van der Waals surface area contributed by atoms with Crippen LogP contribution in [-0.4, -0.2) is 39.0 Å². The van der Waals surface area contributed by atoms with Gasteiger partial charge in [0.1, 0.15) is 17.1 Å². The van der Waals surface area contributed by atoms with Crippen LogP contribution in [0.3, 0.4) is 0 Å². The highest BCUT2D eigenvalue weighted by atomic mass is 16.5. The average molecular weight is 393 g/mol. The van der Waals surface area contributed by atoms with Gasteiger partial charge < -0.3 is 14.2 Å². The van der Waals surface area contributed by atoms with Crippen molar-refractivity contribution in [2.45, 2.75) is 52.6 Å². The number of imidazole rings is 1. The Labute approximate surface area is 171 Å². The summed E-state index contributed by atoms with van der Waals surface area (Å²) in [4.78, 5) is 24.9. The number of aromatic nitrogens is 3. The molecule has 0 spiro atoms. The van der Waals surface area contributed by atoms with Crippen LogP contribution in [0.5, 0.6) is 5.75 Å². The van der Waals surface area contributed by atoms with E-state index in [4.69, 9.17) is 14.7 Å². The van der Waals surface area contributed by atoms with Crippen molar-refractivity contribution >= 4 is 17.1 Å². The highest BCUT2D eigenvalue weighted by Gasteiger charge is 2.23. The van der Waals surface area contributed by atoms with Crippen molar-refractivity contribution in [1.82, 2.24) is 19.4 Å². The van der Waals surface area contributed by atoms with E-state index < -0.39 is 0 Å². The molecule has 1 aliphatic rings. The number of hydrogen-bond acceptors (Lipinski definition) is 4. The van der Waals surface area contributed by atoms with Gasteiger partial charge in [0.25, 0.3) is 5.91 Å². The Bertz CT molecular complexity index is 1020. The first-order chi connectivity index (χ1) is 14.1. The normalized spacial score (nSPS) is 13.8. The summed E-state index contributed by atoms with van der Waals surface area (Å²) in [6.07, 6.45) is 4.44. The molecule has 3 heterocycles. The third-order valence-corrected chi connectivity index (χ3v) is 5.62. The van der Waals surface area contributed by atoms with Crippen molar-refractivity contribution < 1.29 is 9.53 Å². The molecular weight excluding hydrogens is 364 g/mol. The molecular formula is C23H28N4O2. The second kappa shape index (κ2) is 8.23. The van der Waals surface area contributed by atoms with Crippen LogP contribution in [0.1, 0.15) is 53.6 Å². The Balaban J connectivity index is 1.69. The quantitative estimate of drug-likeness (QED) is 0.655. The molecule has 1 aromatic carbocycles. The molecule has 152 valence electrons. The van der Waals surface area contributed by atoms with Crippen LogP contribution >= 0.6 is 0 Å². The van der Waals surface area contributed by atoms with Crippen LogP contribution in [0.25, 0.3) is 11.2 Å². The Morgan fingerprint density at radius 1 is 1.17 bits per heavy atom. The van der Waals surface area contributed by atoms with E-state index in [0.29, 0.717) is 18.7 Å². The molecule has 0 atom stereocenters. The van der Waals surface area contributed by atoms with Crippen LogP contribution in [0.4, 0.5) is 0 Å². The third kappa shape index (κ3) is 3.84. The molecule has 0 fully saturated rings. The Hall–Kier alpha value is -2.89. The maximum absolute atomic E-state index is 13.5. The molecule has 0 unspecified atom stereocenters. The number of ether oxygens (including phenoxy) is 1. The highest BCUT2D eigenvalue weighted by Crippen LogP contribution is 2.25. The Morgan fingerprint density at radius 3 is 2.69 bits per heavy atom. The van der Waals surface area contributed by atoms with Crippen molar-refractivity contribution in [1.29, 1.82) is 0 Å². The molecule has 6 heteroatoms. The summed E-state index contributed by atoms with van der Waals surface area (Å²) in [6, 6.07) is 9.74. The van der Waals surface area contributed by atoms with E-state index in [1.54, 1.807) is 7.11 Å². The summed E-state index contributed by atoms with van der Waals surface area (Å²) in [6.45, 7) is 6.07. The first-order valence-electron chi connectivity index (χ1n) is 10.4. The Kier molecular flexibility index (Phi) is 5.51. The third-order valence-electron chi connectivity index (χ3n) is 5.62. The molecule has 1 aliphatic heterocycles. The van der Waals surface area contributed by atoms with Crippen molar-refractivity contribution in [3.63, 3.8) is 0 Å². The van der Waals surface area contributed by atoms with Crippen molar-refractivity contribution in [2.24, 2.45) is 0 Å². The summed E-state index contributed by atoms with van der Waals surface area (Å²) in [5.74, 6) is 1.88. The lowest BCUT2D eigenvalue weighted by atomic mass is 10.1. The number of benzene rings is 1. The van der Waals surface area contributed by atoms with Gasteiger partial charge in [0.15, 0.2) is 5.65 Å². The molecule has 29 heavy (non-hydrogen) atoms. The zero-order valence-electron chi connectivity index (χ0n) is 17.4. The lowest BCUT2D eigenvalue weighted by molar-refractivity contribution is 0.0754. The lowest BCUT2D eigenvalue weighted by Gasteiger charge is -2.21. The van der Waals surface area contributed by atoms with Gasteiger partial charge in [0.05, 0.1) is 12.7 Å². The van der Waals surface area contributed by atoms with Gasteiger partial charge in [-0.1, -0.05) is 18.6 Å². The minimum absolute atomic E-state index is 0.00655. The number of hydrogen-bond donors (Lipinski definition) is 0. The van der Waals surface area contributed by atoms with Crippen LogP contribution in [-0.2, 0) is 19.5 Å². The van der Waals surface area contributed by atoms with Gasteiger partial charge in [-0.3, -0.25) is 4.79 Å². The number of nitrogens with zero attached hydrogens (tertiary/aromatic N) is 4. The highest BCUT2D eigenvalue weighted by molar-refractivity contribution is 6.04. The SMILES string of the molecule is CCN(Cc1ccc(OC)cc1)C(=O)c1cc(C)nc2c1nc1n2CCCCC1. The monoisotopic (exact) mass is 392 g/mol. The minimum Gasteiger partial charge on any atom is -0.497 e. The summed E-state index contributed by atoms with van der Waals surface area (Å²) < 4.78 is 7.44. The predicted molar refractivity (Wildman–Crippen MR) is 113 cm³/mol. The molecule has 0 bridgehead atoms. The van der Waals surface area contributed by atoms with E-state index in [0.717, 1.165) is 59.8 Å².